The van der Waals surface area contributed by atoms with E-state index in [1.54, 1.807) is 23.9 Å². The van der Waals surface area contributed by atoms with Gasteiger partial charge in [-0.15, -0.1) is 11.3 Å². The summed E-state index contributed by atoms with van der Waals surface area (Å²) in [4.78, 5) is 12.0. The van der Waals surface area contributed by atoms with Crippen LogP contribution in [0.25, 0.3) is 0 Å². The molecule has 2 aromatic heterocycles. The third-order valence-electron chi connectivity index (χ3n) is 2.96. The van der Waals surface area contributed by atoms with Crippen molar-refractivity contribution >= 4 is 11.3 Å². The molecule has 0 saturated heterocycles. The van der Waals surface area contributed by atoms with Gasteiger partial charge in [-0.3, -0.25) is 4.90 Å². The predicted molar refractivity (Wildman–Crippen MR) is 74.2 cm³/mol. The number of rotatable bonds is 6. The Labute approximate surface area is 111 Å². The lowest BCUT2D eigenvalue weighted by molar-refractivity contribution is 0.201. The summed E-state index contributed by atoms with van der Waals surface area (Å²) in [6.07, 6.45) is 3.35. The zero-order valence-corrected chi connectivity index (χ0v) is 11.3. The van der Waals surface area contributed by atoms with E-state index in [2.05, 4.69) is 39.3 Å². The molecular formula is C13H18N4S. The summed E-state index contributed by atoms with van der Waals surface area (Å²) in [6, 6.07) is 6.32. The SMILES string of the molecule is CCN(Cc1cccs1)C(CN)c1ccncn1. The van der Waals surface area contributed by atoms with Crippen LogP contribution in [0.5, 0.6) is 0 Å². The average molecular weight is 262 g/mol. The Hall–Kier alpha value is -1.30. The van der Waals surface area contributed by atoms with Gasteiger partial charge in [0.1, 0.15) is 6.33 Å². The van der Waals surface area contributed by atoms with Gasteiger partial charge in [0.25, 0.3) is 0 Å². The second-order valence-corrected chi connectivity index (χ2v) is 5.06. The van der Waals surface area contributed by atoms with E-state index in [0.717, 1.165) is 18.8 Å². The van der Waals surface area contributed by atoms with Crippen LogP contribution in [0.2, 0.25) is 0 Å². The molecule has 0 aliphatic heterocycles. The first-order valence-electron chi connectivity index (χ1n) is 6.07. The highest BCUT2D eigenvalue weighted by Gasteiger charge is 2.19. The molecule has 2 rings (SSSR count). The van der Waals surface area contributed by atoms with E-state index in [9.17, 15) is 0 Å². The van der Waals surface area contributed by atoms with Crippen molar-refractivity contribution in [2.75, 3.05) is 13.1 Å². The Balaban J connectivity index is 2.14. The summed E-state index contributed by atoms with van der Waals surface area (Å²) < 4.78 is 0. The second kappa shape index (κ2) is 6.58. The molecule has 4 nitrogen and oxygen atoms in total. The van der Waals surface area contributed by atoms with Crippen molar-refractivity contribution < 1.29 is 0 Å². The first-order chi connectivity index (χ1) is 8.85. The molecule has 0 saturated carbocycles. The van der Waals surface area contributed by atoms with Crippen LogP contribution in [0.4, 0.5) is 0 Å². The molecule has 0 radical (unpaired) electrons. The van der Waals surface area contributed by atoms with Crippen LogP contribution in [0.1, 0.15) is 23.5 Å². The maximum atomic E-state index is 5.91. The predicted octanol–water partition coefficient (Wildman–Crippen LogP) is 2.06. The van der Waals surface area contributed by atoms with Crippen molar-refractivity contribution in [3.05, 3.63) is 46.7 Å². The van der Waals surface area contributed by atoms with E-state index in [1.807, 2.05) is 6.07 Å². The molecule has 0 aromatic carbocycles. The molecule has 1 atom stereocenters. The standard InChI is InChI=1S/C13H18N4S/c1-2-17(9-11-4-3-7-18-11)13(8-14)12-5-6-15-10-16-12/h3-7,10,13H,2,8-9,14H2,1H3. The number of nitrogens with zero attached hydrogens (tertiary/aromatic N) is 3. The van der Waals surface area contributed by atoms with Crippen molar-refractivity contribution in [2.45, 2.75) is 19.5 Å². The Kier molecular flexibility index (Phi) is 4.81. The monoisotopic (exact) mass is 262 g/mol. The van der Waals surface area contributed by atoms with Crippen molar-refractivity contribution in [3.8, 4) is 0 Å². The topological polar surface area (TPSA) is 55.0 Å². The van der Waals surface area contributed by atoms with E-state index in [-0.39, 0.29) is 6.04 Å². The lowest BCUT2D eigenvalue weighted by atomic mass is 10.1. The van der Waals surface area contributed by atoms with Crippen LogP contribution in [0.15, 0.2) is 36.1 Å². The Bertz CT molecular complexity index is 443. The number of likely N-dealkylation sites (N-methyl/N-ethyl adjacent to an activating group) is 1. The number of hydrogen-bond acceptors (Lipinski definition) is 5. The quantitative estimate of drug-likeness (QED) is 0.866. The largest absolute Gasteiger partial charge is 0.329 e. The first kappa shape index (κ1) is 13.1. The van der Waals surface area contributed by atoms with Crippen LogP contribution in [-0.4, -0.2) is 28.0 Å². The fourth-order valence-electron chi connectivity index (χ4n) is 2.00. The summed E-state index contributed by atoms with van der Waals surface area (Å²) in [5, 5.41) is 2.10. The number of nitrogens with two attached hydrogens (primary N) is 1. The zero-order chi connectivity index (χ0) is 12.8. The second-order valence-electron chi connectivity index (χ2n) is 4.03. The van der Waals surface area contributed by atoms with Gasteiger partial charge in [-0.25, -0.2) is 9.97 Å². The van der Waals surface area contributed by atoms with Gasteiger partial charge >= 0.3 is 0 Å². The van der Waals surface area contributed by atoms with Gasteiger partial charge in [-0.1, -0.05) is 13.0 Å². The molecule has 96 valence electrons. The van der Waals surface area contributed by atoms with Crippen LogP contribution < -0.4 is 5.73 Å². The van der Waals surface area contributed by atoms with Crippen molar-refractivity contribution in [1.82, 2.24) is 14.9 Å². The van der Waals surface area contributed by atoms with E-state index in [1.165, 1.54) is 4.88 Å². The third kappa shape index (κ3) is 3.13. The fourth-order valence-corrected chi connectivity index (χ4v) is 2.73. The minimum Gasteiger partial charge on any atom is -0.329 e. The maximum absolute atomic E-state index is 5.91. The molecule has 5 heteroatoms. The molecular weight excluding hydrogens is 244 g/mol. The number of hydrogen-bond donors (Lipinski definition) is 1. The smallest absolute Gasteiger partial charge is 0.115 e. The Morgan fingerprint density at radius 2 is 2.33 bits per heavy atom. The molecule has 0 amide bonds. The first-order valence-corrected chi connectivity index (χ1v) is 6.95. The molecule has 2 heterocycles. The van der Waals surface area contributed by atoms with Gasteiger partial charge in [-0.05, 0) is 24.1 Å². The van der Waals surface area contributed by atoms with Crippen molar-refractivity contribution in [3.63, 3.8) is 0 Å². The summed E-state index contributed by atoms with van der Waals surface area (Å²) >= 11 is 1.77. The molecule has 0 aliphatic rings. The number of aromatic nitrogens is 2. The molecule has 2 N–H and O–H groups in total. The molecule has 0 fully saturated rings. The minimum absolute atomic E-state index is 0.153. The highest BCUT2D eigenvalue weighted by molar-refractivity contribution is 7.09. The lowest BCUT2D eigenvalue weighted by Gasteiger charge is -2.28. The minimum atomic E-state index is 0.153. The van der Waals surface area contributed by atoms with Crippen LogP contribution >= 0.6 is 11.3 Å². The van der Waals surface area contributed by atoms with Crippen LogP contribution in [-0.2, 0) is 6.54 Å². The molecule has 1 unspecified atom stereocenters. The summed E-state index contributed by atoms with van der Waals surface area (Å²) in [7, 11) is 0. The van der Waals surface area contributed by atoms with Crippen molar-refractivity contribution in [1.29, 1.82) is 0 Å². The molecule has 2 aromatic rings. The van der Waals surface area contributed by atoms with Crippen LogP contribution in [0.3, 0.4) is 0 Å². The third-order valence-corrected chi connectivity index (χ3v) is 3.82. The van der Waals surface area contributed by atoms with E-state index < -0.39 is 0 Å². The van der Waals surface area contributed by atoms with Gasteiger partial charge in [0.2, 0.25) is 0 Å². The summed E-state index contributed by atoms with van der Waals surface area (Å²) in [6.45, 7) is 4.58. The molecule has 18 heavy (non-hydrogen) atoms. The average Bonchev–Trinajstić information content (AvgIpc) is 2.92. The number of thiophene rings is 1. The lowest BCUT2D eigenvalue weighted by Crippen LogP contribution is -2.33. The van der Waals surface area contributed by atoms with Gasteiger partial charge < -0.3 is 5.73 Å². The molecule has 0 aliphatic carbocycles. The Morgan fingerprint density at radius 1 is 1.44 bits per heavy atom. The van der Waals surface area contributed by atoms with Gasteiger partial charge in [0.05, 0.1) is 11.7 Å². The maximum Gasteiger partial charge on any atom is 0.115 e. The summed E-state index contributed by atoms with van der Waals surface area (Å²) in [5.74, 6) is 0. The molecule has 0 bridgehead atoms. The highest BCUT2D eigenvalue weighted by atomic mass is 32.1. The van der Waals surface area contributed by atoms with E-state index in [4.69, 9.17) is 5.73 Å². The van der Waals surface area contributed by atoms with Gasteiger partial charge in [0, 0.05) is 24.2 Å². The van der Waals surface area contributed by atoms with E-state index >= 15 is 0 Å². The summed E-state index contributed by atoms with van der Waals surface area (Å²) in [5.41, 5.74) is 6.90. The highest BCUT2D eigenvalue weighted by Crippen LogP contribution is 2.21. The van der Waals surface area contributed by atoms with Gasteiger partial charge in [0.15, 0.2) is 0 Å². The normalized spacial score (nSPS) is 12.8. The van der Waals surface area contributed by atoms with Crippen LogP contribution in [0, 0.1) is 0 Å². The fraction of sp³-hybridized carbons (Fsp3) is 0.385. The van der Waals surface area contributed by atoms with Crippen molar-refractivity contribution in [2.24, 2.45) is 5.73 Å². The molecule has 0 spiro atoms. The van der Waals surface area contributed by atoms with Gasteiger partial charge in [-0.2, -0.15) is 0 Å². The van der Waals surface area contributed by atoms with E-state index in [0.29, 0.717) is 6.54 Å². The Morgan fingerprint density at radius 3 is 2.89 bits per heavy atom. The zero-order valence-electron chi connectivity index (χ0n) is 10.5.